The number of carbonyl (C=O) groups excluding carboxylic acids is 1. The monoisotopic (exact) mass is 382 g/mol. The summed E-state index contributed by atoms with van der Waals surface area (Å²) < 4.78 is 13.3. The number of benzene rings is 2. The average Bonchev–Trinajstić information content (AvgIpc) is 2.99. The maximum Gasteiger partial charge on any atom is 0.220 e. The second-order valence-electron chi connectivity index (χ2n) is 6.57. The molecule has 1 atom stereocenters. The van der Waals surface area contributed by atoms with E-state index in [1.165, 1.54) is 17.0 Å². The number of thiazole rings is 1. The molecule has 0 bridgehead atoms. The van der Waals surface area contributed by atoms with Crippen LogP contribution in [0.15, 0.2) is 54.6 Å². The Balaban J connectivity index is 1.64. The highest BCUT2D eigenvalue weighted by atomic mass is 32.1. The van der Waals surface area contributed by atoms with Gasteiger partial charge in [-0.05, 0) is 37.1 Å². The quantitative estimate of drug-likeness (QED) is 0.639. The number of amides is 1. The van der Waals surface area contributed by atoms with E-state index in [1.807, 2.05) is 37.3 Å². The minimum Gasteiger partial charge on any atom is -0.356 e. The van der Waals surface area contributed by atoms with Crippen LogP contribution in [0.4, 0.5) is 4.39 Å². The minimum absolute atomic E-state index is 0.0156. The molecule has 1 N–H and O–H groups in total. The summed E-state index contributed by atoms with van der Waals surface area (Å²) in [5, 5.41) is 4.04. The molecule has 0 radical (unpaired) electrons. The summed E-state index contributed by atoms with van der Waals surface area (Å²) in [6.07, 6.45) is 1.06. The molecular weight excluding hydrogens is 359 g/mol. The molecule has 1 unspecified atom stereocenters. The fraction of sp³-hybridized carbons (Fsp3) is 0.273. The van der Waals surface area contributed by atoms with Gasteiger partial charge >= 0.3 is 0 Å². The Morgan fingerprint density at radius 3 is 2.37 bits per heavy atom. The van der Waals surface area contributed by atoms with Crippen LogP contribution >= 0.6 is 11.3 Å². The molecule has 1 heterocycles. The molecule has 27 heavy (non-hydrogen) atoms. The normalized spacial score (nSPS) is 12.0. The third kappa shape index (κ3) is 5.23. The van der Waals surface area contributed by atoms with Crippen molar-refractivity contribution >= 4 is 17.2 Å². The standard InChI is InChI=1S/C22H23FN2OS/c1-15-16(2)27-22(25-15)12-13-24-21(26)14-20(17-6-4-3-5-7-17)18-8-10-19(23)11-9-18/h3-11,20H,12-14H2,1-2H3,(H,24,26). The number of halogens is 1. The van der Waals surface area contributed by atoms with Gasteiger partial charge in [-0.25, -0.2) is 9.37 Å². The number of aryl methyl sites for hydroxylation is 2. The van der Waals surface area contributed by atoms with Gasteiger partial charge in [0, 0.05) is 30.2 Å². The highest BCUT2D eigenvalue weighted by molar-refractivity contribution is 7.11. The molecule has 0 saturated heterocycles. The van der Waals surface area contributed by atoms with E-state index in [1.54, 1.807) is 23.5 Å². The van der Waals surface area contributed by atoms with Crippen molar-refractivity contribution in [3.8, 4) is 0 Å². The Bertz CT molecular complexity index is 871. The Morgan fingerprint density at radius 2 is 1.74 bits per heavy atom. The predicted molar refractivity (Wildman–Crippen MR) is 108 cm³/mol. The molecule has 3 aromatic rings. The zero-order valence-electron chi connectivity index (χ0n) is 15.5. The van der Waals surface area contributed by atoms with Crippen LogP contribution in [0.3, 0.4) is 0 Å². The van der Waals surface area contributed by atoms with Crippen LogP contribution in [0, 0.1) is 19.7 Å². The van der Waals surface area contributed by atoms with Crippen LogP contribution < -0.4 is 5.32 Å². The maximum atomic E-state index is 13.3. The van der Waals surface area contributed by atoms with Gasteiger partial charge in [-0.2, -0.15) is 0 Å². The van der Waals surface area contributed by atoms with E-state index in [-0.39, 0.29) is 17.6 Å². The van der Waals surface area contributed by atoms with Gasteiger partial charge in [-0.15, -0.1) is 11.3 Å². The highest BCUT2D eigenvalue weighted by Gasteiger charge is 2.18. The van der Waals surface area contributed by atoms with Crippen molar-refractivity contribution in [3.05, 3.63) is 87.1 Å². The molecule has 0 fully saturated rings. The highest BCUT2D eigenvalue weighted by Crippen LogP contribution is 2.28. The second kappa shape index (κ2) is 8.91. The predicted octanol–water partition coefficient (Wildman–Crippen LogP) is 4.78. The second-order valence-corrected chi connectivity index (χ2v) is 7.86. The molecule has 2 aromatic carbocycles. The van der Waals surface area contributed by atoms with Crippen molar-refractivity contribution in [2.45, 2.75) is 32.6 Å². The lowest BCUT2D eigenvalue weighted by molar-refractivity contribution is -0.121. The molecule has 3 nitrogen and oxygen atoms in total. The van der Waals surface area contributed by atoms with Crippen LogP contribution in [0.5, 0.6) is 0 Å². The number of aromatic nitrogens is 1. The van der Waals surface area contributed by atoms with Crippen LogP contribution in [0.1, 0.15) is 39.0 Å². The smallest absolute Gasteiger partial charge is 0.220 e. The van der Waals surface area contributed by atoms with Crippen LogP contribution in [0.2, 0.25) is 0 Å². The largest absolute Gasteiger partial charge is 0.356 e. The SMILES string of the molecule is Cc1nc(CCNC(=O)CC(c2ccccc2)c2ccc(F)cc2)sc1C. The van der Waals surface area contributed by atoms with Gasteiger partial charge in [0.2, 0.25) is 5.91 Å². The van der Waals surface area contributed by atoms with Crippen molar-refractivity contribution in [1.29, 1.82) is 0 Å². The van der Waals surface area contributed by atoms with E-state index in [0.717, 1.165) is 28.2 Å². The van der Waals surface area contributed by atoms with E-state index in [2.05, 4.69) is 17.2 Å². The molecule has 0 aliphatic rings. The average molecular weight is 383 g/mol. The van der Waals surface area contributed by atoms with E-state index in [0.29, 0.717) is 13.0 Å². The zero-order valence-corrected chi connectivity index (χ0v) is 16.4. The fourth-order valence-electron chi connectivity index (χ4n) is 3.02. The van der Waals surface area contributed by atoms with Gasteiger partial charge < -0.3 is 5.32 Å². The molecule has 5 heteroatoms. The molecule has 0 aliphatic carbocycles. The first kappa shape index (κ1) is 19.2. The van der Waals surface area contributed by atoms with Gasteiger partial charge in [0.25, 0.3) is 0 Å². The van der Waals surface area contributed by atoms with Gasteiger partial charge in [0.05, 0.1) is 10.7 Å². The summed E-state index contributed by atoms with van der Waals surface area (Å²) >= 11 is 1.68. The van der Waals surface area contributed by atoms with E-state index in [4.69, 9.17) is 0 Å². The minimum atomic E-state index is -0.274. The third-order valence-electron chi connectivity index (χ3n) is 4.60. The van der Waals surface area contributed by atoms with Crippen molar-refractivity contribution < 1.29 is 9.18 Å². The van der Waals surface area contributed by atoms with Gasteiger partial charge in [0.15, 0.2) is 0 Å². The molecule has 0 saturated carbocycles. The maximum absolute atomic E-state index is 13.3. The number of nitrogens with zero attached hydrogens (tertiary/aromatic N) is 1. The van der Waals surface area contributed by atoms with Crippen molar-refractivity contribution in [2.75, 3.05) is 6.54 Å². The third-order valence-corrected chi connectivity index (χ3v) is 5.73. The first-order valence-electron chi connectivity index (χ1n) is 9.03. The van der Waals surface area contributed by atoms with E-state index < -0.39 is 0 Å². The lowest BCUT2D eigenvalue weighted by Crippen LogP contribution is -2.27. The molecule has 0 spiro atoms. The molecule has 1 amide bonds. The number of hydrogen-bond acceptors (Lipinski definition) is 3. The van der Waals surface area contributed by atoms with E-state index >= 15 is 0 Å². The molecule has 1 aromatic heterocycles. The zero-order chi connectivity index (χ0) is 19.2. The van der Waals surface area contributed by atoms with Crippen LogP contribution in [0.25, 0.3) is 0 Å². The summed E-state index contributed by atoms with van der Waals surface area (Å²) in [4.78, 5) is 18.2. The first-order valence-corrected chi connectivity index (χ1v) is 9.84. The fourth-order valence-corrected chi connectivity index (χ4v) is 3.95. The number of hydrogen-bond donors (Lipinski definition) is 1. The Kier molecular flexibility index (Phi) is 6.35. The Labute approximate surface area is 163 Å². The summed E-state index contributed by atoms with van der Waals surface area (Å²) in [5.41, 5.74) is 3.04. The Hall–Kier alpha value is -2.53. The topological polar surface area (TPSA) is 42.0 Å². The number of rotatable bonds is 7. The van der Waals surface area contributed by atoms with Crippen LogP contribution in [-0.4, -0.2) is 17.4 Å². The van der Waals surface area contributed by atoms with Crippen molar-refractivity contribution in [3.63, 3.8) is 0 Å². The van der Waals surface area contributed by atoms with Crippen LogP contribution in [-0.2, 0) is 11.2 Å². The summed E-state index contributed by atoms with van der Waals surface area (Å²) in [5.74, 6) is -0.390. The van der Waals surface area contributed by atoms with Gasteiger partial charge in [-0.1, -0.05) is 42.5 Å². The Morgan fingerprint density at radius 1 is 1.07 bits per heavy atom. The lowest BCUT2D eigenvalue weighted by Gasteiger charge is -2.18. The number of nitrogens with one attached hydrogen (secondary N) is 1. The van der Waals surface area contributed by atoms with Crippen molar-refractivity contribution in [1.82, 2.24) is 10.3 Å². The molecule has 3 rings (SSSR count). The molecule has 0 aliphatic heterocycles. The van der Waals surface area contributed by atoms with E-state index in [9.17, 15) is 9.18 Å². The molecule has 140 valence electrons. The van der Waals surface area contributed by atoms with Crippen molar-refractivity contribution in [2.24, 2.45) is 0 Å². The summed E-state index contributed by atoms with van der Waals surface area (Å²) in [6.45, 7) is 4.62. The van der Waals surface area contributed by atoms with Gasteiger partial charge in [0.1, 0.15) is 5.82 Å². The summed E-state index contributed by atoms with van der Waals surface area (Å²) in [7, 11) is 0. The molecular formula is C22H23FN2OS. The first-order chi connectivity index (χ1) is 13.0. The number of carbonyl (C=O) groups is 1. The summed E-state index contributed by atoms with van der Waals surface area (Å²) in [6, 6.07) is 16.2. The van der Waals surface area contributed by atoms with Gasteiger partial charge in [-0.3, -0.25) is 4.79 Å². The lowest BCUT2D eigenvalue weighted by atomic mass is 9.88.